The fraction of sp³-hybridized carbons (Fsp3) is 0.455. The van der Waals surface area contributed by atoms with Gasteiger partial charge in [-0.05, 0) is 37.3 Å². The predicted octanol–water partition coefficient (Wildman–Crippen LogP) is 3.64. The lowest BCUT2D eigenvalue weighted by Crippen LogP contribution is -2.31. The Labute approximate surface area is 185 Å². The molecule has 170 valence electrons. The Morgan fingerprint density at radius 3 is 2.78 bits per heavy atom. The third-order valence-corrected chi connectivity index (χ3v) is 5.42. The number of H-pyrrole nitrogens is 1. The average molecular weight is 444 g/mol. The van der Waals surface area contributed by atoms with E-state index in [1.54, 1.807) is 18.5 Å². The third-order valence-electron chi connectivity index (χ3n) is 5.42. The zero-order chi connectivity index (χ0) is 22.8. The van der Waals surface area contributed by atoms with Crippen LogP contribution in [-0.4, -0.2) is 46.4 Å². The standard InChI is InChI=1S/C22H27F2N7O/c23-19-12-17(13-20(24)30-19)29-22(28-15-25)27-9-4-2-1-3-6-16-8-11-31(14-16)21(32)18-7-5-10-26-18/h5,7,10,12-13,16,26H,1-4,6,8-9,11,14H2,(H2,27,28,29,30). The number of amides is 1. The maximum Gasteiger partial charge on any atom is 0.270 e. The van der Waals surface area contributed by atoms with Gasteiger partial charge in [0.1, 0.15) is 5.69 Å². The molecular formula is C22H27F2N7O. The average Bonchev–Trinajstić information content (AvgIpc) is 3.44. The van der Waals surface area contributed by atoms with Crippen LogP contribution in [0.25, 0.3) is 0 Å². The van der Waals surface area contributed by atoms with Crippen LogP contribution in [0.3, 0.4) is 0 Å². The number of nitrogens with one attached hydrogen (secondary N) is 3. The second-order valence-electron chi connectivity index (χ2n) is 7.81. The van der Waals surface area contributed by atoms with Crippen LogP contribution in [0.1, 0.15) is 49.0 Å². The molecule has 8 nitrogen and oxygen atoms in total. The molecule has 1 atom stereocenters. The van der Waals surface area contributed by atoms with Gasteiger partial charge in [0.2, 0.25) is 24.0 Å². The molecule has 1 fully saturated rings. The highest BCUT2D eigenvalue weighted by Gasteiger charge is 2.26. The molecule has 3 rings (SSSR count). The number of aromatic amines is 1. The van der Waals surface area contributed by atoms with Crippen molar-refractivity contribution in [2.24, 2.45) is 10.9 Å². The molecule has 1 aliphatic rings. The number of pyridine rings is 1. The van der Waals surface area contributed by atoms with Crippen molar-refractivity contribution in [1.29, 1.82) is 5.26 Å². The van der Waals surface area contributed by atoms with Crippen molar-refractivity contribution in [3.8, 4) is 6.19 Å². The lowest BCUT2D eigenvalue weighted by Gasteiger charge is -2.15. The molecule has 10 heteroatoms. The summed E-state index contributed by atoms with van der Waals surface area (Å²) >= 11 is 0. The number of carbonyl (C=O) groups excluding carboxylic acids is 1. The van der Waals surface area contributed by atoms with E-state index >= 15 is 0 Å². The first kappa shape index (κ1) is 23.2. The van der Waals surface area contributed by atoms with Gasteiger partial charge < -0.3 is 20.5 Å². The summed E-state index contributed by atoms with van der Waals surface area (Å²) in [5.41, 5.74) is 0.767. The molecule has 0 saturated carbocycles. The van der Waals surface area contributed by atoms with Gasteiger partial charge in [-0.1, -0.05) is 19.3 Å². The molecule has 0 aromatic carbocycles. The van der Waals surface area contributed by atoms with Gasteiger partial charge in [-0.3, -0.25) is 4.79 Å². The monoisotopic (exact) mass is 443 g/mol. The van der Waals surface area contributed by atoms with E-state index < -0.39 is 11.9 Å². The highest BCUT2D eigenvalue weighted by molar-refractivity contribution is 5.94. The summed E-state index contributed by atoms with van der Waals surface area (Å²) in [6.45, 7) is 2.20. The second-order valence-corrected chi connectivity index (χ2v) is 7.81. The quantitative estimate of drug-likeness (QED) is 0.180. The van der Waals surface area contributed by atoms with Crippen LogP contribution in [0, 0.1) is 29.3 Å². The Balaban J connectivity index is 1.29. The van der Waals surface area contributed by atoms with Crippen molar-refractivity contribution in [2.75, 3.05) is 25.0 Å². The van der Waals surface area contributed by atoms with Gasteiger partial charge >= 0.3 is 0 Å². The molecule has 0 aliphatic carbocycles. The summed E-state index contributed by atoms with van der Waals surface area (Å²) in [7, 11) is 0. The summed E-state index contributed by atoms with van der Waals surface area (Å²) in [6.07, 6.45) is 9.61. The van der Waals surface area contributed by atoms with Gasteiger partial charge in [-0.25, -0.2) is 0 Å². The molecule has 32 heavy (non-hydrogen) atoms. The van der Waals surface area contributed by atoms with Gasteiger partial charge in [0, 0.05) is 43.7 Å². The first-order chi connectivity index (χ1) is 15.5. The number of unbranched alkanes of at least 4 members (excludes halogenated alkanes) is 3. The zero-order valence-electron chi connectivity index (χ0n) is 17.8. The Kier molecular flexibility index (Phi) is 8.54. The molecular weight excluding hydrogens is 416 g/mol. The van der Waals surface area contributed by atoms with Gasteiger partial charge in [0.25, 0.3) is 5.91 Å². The number of hydrogen-bond donors (Lipinski definition) is 3. The maximum atomic E-state index is 13.2. The largest absolute Gasteiger partial charge is 0.357 e. The summed E-state index contributed by atoms with van der Waals surface area (Å²) < 4.78 is 26.4. The van der Waals surface area contributed by atoms with E-state index in [-0.39, 0.29) is 17.6 Å². The summed E-state index contributed by atoms with van der Waals surface area (Å²) in [6, 6.07) is 5.68. The molecule has 3 N–H and O–H groups in total. The summed E-state index contributed by atoms with van der Waals surface area (Å²) in [4.78, 5) is 23.9. The SMILES string of the molecule is N#C/N=C(/NCCCCCCC1CCN(C(=O)c2ccc[nH]2)C1)Nc1cc(F)nc(F)c1. The molecule has 1 amide bonds. The van der Waals surface area contributed by atoms with Gasteiger partial charge in [0.05, 0.1) is 0 Å². The van der Waals surface area contributed by atoms with Crippen LogP contribution >= 0.6 is 0 Å². The van der Waals surface area contributed by atoms with Gasteiger partial charge in [-0.15, -0.1) is 4.99 Å². The lowest BCUT2D eigenvalue weighted by molar-refractivity contribution is 0.0781. The molecule has 1 aliphatic heterocycles. The highest BCUT2D eigenvalue weighted by atomic mass is 19.1. The van der Waals surface area contributed by atoms with Crippen molar-refractivity contribution in [3.63, 3.8) is 0 Å². The Morgan fingerprint density at radius 1 is 1.28 bits per heavy atom. The lowest BCUT2D eigenvalue weighted by atomic mass is 10.00. The first-order valence-corrected chi connectivity index (χ1v) is 10.8. The van der Waals surface area contributed by atoms with Crippen LogP contribution in [0.5, 0.6) is 0 Å². The number of aromatic nitrogens is 2. The van der Waals surface area contributed by atoms with E-state index in [1.807, 2.05) is 11.0 Å². The number of guanidine groups is 1. The zero-order valence-corrected chi connectivity index (χ0v) is 17.8. The number of rotatable bonds is 9. The Morgan fingerprint density at radius 2 is 2.06 bits per heavy atom. The molecule has 0 radical (unpaired) electrons. The Hall–Kier alpha value is -3.48. The van der Waals surface area contributed by atoms with Crippen LogP contribution in [-0.2, 0) is 0 Å². The van der Waals surface area contributed by atoms with Crippen molar-refractivity contribution in [3.05, 3.63) is 48.1 Å². The number of carbonyl (C=O) groups is 1. The minimum Gasteiger partial charge on any atom is -0.357 e. The molecule has 3 heterocycles. The Bertz CT molecular complexity index is 935. The van der Waals surface area contributed by atoms with E-state index in [0.29, 0.717) is 18.2 Å². The van der Waals surface area contributed by atoms with Crippen molar-refractivity contribution < 1.29 is 13.6 Å². The van der Waals surface area contributed by atoms with Gasteiger partial charge in [-0.2, -0.15) is 19.0 Å². The minimum absolute atomic E-state index is 0.0734. The smallest absolute Gasteiger partial charge is 0.270 e. The predicted molar refractivity (Wildman–Crippen MR) is 117 cm³/mol. The highest BCUT2D eigenvalue weighted by Crippen LogP contribution is 2.23. The fourth-order valence-corrected chi connectivity index (χ4v) is 3.84. The van der Waals surface area contributed by atoms with Crippen molar-refractivity contribution >= 4 is 17.6 Å². The van der Waals surface area contributed by atoms with Crippen LogP contribution in [0.4, 0.5) is 14.5 Å². The van der Waals surface area contributed by atoms with E-state index in [0.717, 1.165) is 63.7 Å². The van der Waals surface area contributed by atoms with Crippen LogP contribution in [0.15, 0.2) is 35.5 Å². The van der Waals surface area contributed by atoms with E-state index in [1.165, 1.54) is 0 Å². The van der Waals surface area contributed by atoms with E-state index in [4.69, 9.17) is 5.26 Å². The number of anilines is 1. The number of nitriles is 1. The van der Waals surface area contributed by atoms with Gasteiger partial charge in [0.15, 0.2) is 0 Å². The van der Waals surface area contributed by atoms with Crippen LogP contribution in [0.2, 0.25) is 0 Å². The fourth-order valence-electron chi connectivity index (χ4n) is 3.84. The third kappa shape index (κ3) is 7.04. The molecule has 1 saturated heterocycles. The van der Waals surface area contributed by atoms with Crippen molar-refractivity contribution in [2.45, 2.75) is 38.5 Å². The van der Waals surface area contributed by atoms with E-state index in [2.05, 4.69) is 25.6 Å². The number of hydrogen-bond acceptors (Lipinski definition) is 4. The summed E-state index contributed by atoms with van der Waals surface area (Å²) in [5.74, 6) is -1.16. The maximum absolute atomic E-state index is 13.2. The number of nitrogens with zero attached hydrogens (tertiary/aromatic N) is 4. The molecule has 0 bridgehead atoms. The number of halogens is 2. The topological polar surface area (TPSA) is 109 Å². The minimum atomic E-state index is -0.956. The number of likely N-dealkylation sites (tertiary alicyclic amines) is 1. The second kappa shape index (κ2) is 11.8. The molecule has 2 aromatic rings. The normalized spacial score (nSPS) is 16.1. The van der Waals surface area contributed by atoms with Crippen LogP contribution < -0.4 is 10.6 Å². The molecule has 0 spiro atoms. The number of aliphatic imine (C=N–C) groups is 1. The first-order valence-electron chi connectivity index (χ1n) is 10.8. The molecule has 1 unspecified atom stereocenters. The van der Waals surface area contributed by atoms with Crippen molar-refractivity contribution in [1.82, 2.24) is 20.2 Å². The summed E-state index contributed by atoms with van der Waals surface area (Å²) in [5, 5.41) is 14.5. The molecule has 2 aromatic heterocycles. The van der Waals surface area contributed by atoms with E-state index in [9.17, 15) is 13.6 Å².